The molecular weight excluding hydrogens is 202 g/mol. The van der Waals surface area contributed by atoms with Crippen LogP contribution in [0.2, 0.25) is 0 Å². The molecule has 4 heteroatoms. The number of benzene rings is 1. The van der Waals surface area contributed by atoms with Gasteiger partial charge in [0.05, 0.1) is 11.4 Å². The number of nitrogen functional groups attached to an aromatic ring is 1. The fourth-order valence-electron chi connectivity index (χ4n) is 1.30. The molecule has 1 aromatic carbocycles. The number of hydrogen-bond acceptors (Lipinski definition) is 3. The van der Waals surface area contributed by atoms with Gasteiger partial charge in [-0.05, 0) is 24.6 Å². The van der Waals surface area contributed by atoms with Crippen molar-refractivity contribution in [3.05, 3.63) is 36.4 Å². The first-order valence-corrected chi connectivity index (χ1v) is 5.15. The SMILES string of the molecule is C=CCCNc1cc(C(=O)NC)ccc1N. The summed E-state index contributed by atoms with van der Waals surface area (Å²) >= 11 is 0. The van der Waals surface area contributed by atoms with Gasteiger partial charge in [0, 0.05) is 19.2 Å². The average molecular weight is 219 g/mol. The molecular formula is C12H17N3O. The van der Waals surface area contributed by atoms with Gasteiger partial charge < -0.3 is 16.4 Å². The molecule has 0 atom stereocenters. The van der Waals surface area contributed by atoms with Gasteiger partial charge in [0.25, 0.3) is 5.91 Å². The summed E-state index contributed by atoms with van der Waals surface area (Å²) < 4.78 is 0. The molecule has 0 saturated heterocycles. The van der Waals surface area contributed by atoms with Gasteiger partial charge in [0.1, 0.15) is 0 Å². The third-order valence-corrected chi connectivity index (χ3v) is 2.21. The van der Waals surface area contributed by atoms with Gasteiger partial charge in [-0.3, -0.25) is 4.79 Å². The number of anilines is 2. The quantitative estimate of drug-likeness (QED) is 0.400. The van der Waals surface area contributed by atoms with Crippen molar-refractivity contribution in [2.24, 2.45) is 0 Å². The van der Waals surface area contributed by atoms with E-state index < -0.39 is 0 Å². The Morgan fingerprint density at radius 1 is 1.56 bits per heavy atom. The fourth-order valence-corrected chi connectivity index (χ4v) is 1.30. The second-order valence-electron chi connectivity index (χ2n) is 3.39. The number of hydrogen-bond donors (Lipinski definition) is 3. The van der Waals surface area contributed by atoms with Crippen molar-refractivity contribution in [3.8, 4) is 0 Å². The van der Waals surface area contributed by atoms with E-state index in [2.05, 4.69) is 17.2 Å². The number of carbonyl (C=O) groups excluding carboxylic acids is 1. The zero-order chi connectivity index (χ0) is 12.0. The van der Waals surface area contributed by atoms with Crippen LogP contribution in [0.4, 0.5) is 11.4 Å². The van der Waals surface area contributed by atoms with Gasteiger partial charge in [-0.25, -0.2) is 0 Å². The van der Waals surface area contributed by atoms with Crippen LogP contribution in [0.1, 0.15) is 16.8 Å². The van der Waals surface area contributed by atoms with Crippen molar-refractivity contribution >= 4 is 17.3 Å². The number of rotatable bonds is 5. The Morgan fingerprint density at radius 3 is 2.94 bits per heavy atom. The molecule has 1 aromatic rings. The first-order chi connectivity index (χ1) is 7.69. The number of nitrogens with two attached hydrogens (primary N) is 1. The molecule has 1 rings (SSSR count). The predicted octanol–water partition coefficient (Wildman–Crippen LogP) is 1.62. The normalized spacial score (nSPS) is 9.56. The minimum absolute atomic E-state index is 0.119. The van der Waals surface area contributed by atoms with Crippen LogP contribution in [0.25, 0.3) is 0 Å². The van der Waals surface area contributed by atoms with Crippen molar-refractivity contribution in [2.75, 3.05) is 24.6 Å². The summed E-state index contributed by atoms with van der Waals surface area (Å²) in [5.74, 6) is -0.119. The molecule has 0 aliphatic carbocycles. The maximum absolute atomic E-state index is 11.4. The van der Waals surface area contributed by atoms with E-state index in [0.717, 1.165) is 18.7 Å². The van der Waals surface area contributed by atoms with E-state index in [1.54, 1.807) is 25.2 Å². The van der Waals surface area contributed by atoms with Crippen LogP contribution < -0.4 is 16.4 Å². The molecule has 0 fully saturated rings. The third kappa shape index (κ3) is 3.02. The molecule has 0 aliphatic heterocycles. The van der Waals surface area contributed by atoms with Gasteiger partial charge in [-0.1, -0.05) is 6.08 Å². The summed E-state index contributed by atoms with van der Waals surface area (Å²) in [7, 11) is 1.60. The molecule has 0 heterocycles. The van der Waals surface area contributed by atoms with E-state index in [1.807, 2.05) is 6.08 Å². The van der Waals surface area contributed by atoms with Crippen molar-refractivity contribution in [3.63, 3.8) is 0 Å². The van der Waals surface area contributed by atoms with Crippen molar-refractivity contribution in [2.45, 2.75) is 6.42 Å². The maximum atomic E-state index is 11.4. The highest BCUT2D eigenvalue weighted by Gasteiger charge is 2.05. The highest BCUT2D eigenvalue weighted by Crippen LogP contribution is 2.19. The lowest BCUT2D eigenvalue weighted by atomic mass is 10.1. The molecule has 0 saturated carbocycles. The molecule has 0 spiro atoms. The first kappa shape index (κ1) is 12.1. The van der Waals surface area contributed by atoms with Gasteiger partial charge in [-0.2, -0.15) is 0 Å². The average Bonchev–Trinajstić information content (AvgIpc) is 2.31. The van der Waals surface area contributed by atoms with Crippen molar-refractivity contribution < 1.29 is 4.79 Å². The van der Waals surface area contributed by atoms with E-state index in [4.69, 9.17) is 5.73 Å². The highest BCUT2D eigenvalue weighted by molar-refractivity contribution is 5.96. The van der Waals surface area contributed by atoms with Crippen LogP contribution in [-0.2, 0) is 0 Å². The Balaban J connectivity index is 2.81. The number of amides is 1. The van der Waals surface area contributed by atoms with Gasteiger partial charge in [-0.15, -0.1) is 6.58 Å². The van der Waals surface area contributed by atoms with Crippen LogP contribution in [0.5, 0.6) is 0 Å². The fraction of sp³-hybridized carbons (Fsp3) is 0.250. The van der Waals surface area contributed by atoms with E-state index in [-0.39, 0.29) is 5.91 Å². The molecule has 4 N–H and O–H groups in total. The smallest absolute Gasteiger partial charge is 0.251 e. The van der Waals surface area contributed by atoms with Crippen LogP contribution in [0, 0.1) is 0 Å². The molecule has 86 valence electrons. The number of carbonyl (C=O) groups is 1. The largest absolute Gasteiger partial charge is 0.397 e. The summed E-state index contributed by atoms with van der Waals surface area (Å²) in [5.41, 5.74) is 7.80. The van der Waals surface area contributed by atoms with E-state index in [0.29, 0.717) is 11.3 Å². The van der Waals surface area contributed by atoms with Crippen molar-refractivity contribution in [1.29, 1.82) is 0 Å². The standard InChI is InChI=1S/C12H17N3O/c1-3-4-7-15-11-8-9(12(16)14-2)5-6-10(11)13/h3,5-6,8,15H,1,4,7,13H2,2H3,(H,14,16). The minimum Gasteiger partial charge on any atom is -0.397 e. The minimum atomic E-state index is -0.119. The molecule has 0 bridgehead atoms. The second-order valence-corrected chi connectivity index (χ2v) is 3.39. The molecule has 0 unspecified atom stereocenters. The first-order valence-electron chi connectivity index (χ1n) is 5.15. The van der Waals surface area contributed by atoms with Crippen molar-refractivity contribution in [1.82, 2.24) is 5.32 Å². The van der Waals surface area contributed by atoms with Crippen LogP contribution in [-0.4, -0.2) is 19.5 Å². The Morgan fingerprint density at radius 2 is 2.31 bits per heavy atom. The summed E-state index contributed by atoms with van der Waals surface area (Å²) in [6.07, 6.45) is 2.68. The Kier molecular flexibility index (Phi) is 4.39. The predicted molar refractivity (Wildman–Crippen MR) is 67.5 cm³/mol. The molecule has 4 nitrogen and oxygen atoms in total. The maximum Gasteiger partial charge on any atom is 0.251 e. The molecule has 1 amide bonds. The zero-order valence-electron chi connectivity index (χ0n) is 9.42. The van der Waals surface area contributed by atoms with Crippen LogP contribution in [0.15, 0.2) is 30.9 Å². The lowest BCUT2D eigenvalue weighted by Gasteiger charge is -2.09. The Hall–Kier alpha value is -1.97. The molecule has 0 aromatic heterocycles. The Bertz CT molecular complexity index is 388. The highest BCUT2D eigenvalue weighted by atomic mass is 16.1. The monoisotopic (exact) mass is 219 g/mol. The van der Waals surface area contributed by atoms with Crippen LogP contribution >= 0.6 is 0 Å². The van der Waals surface area contributed by atoms with Crippen LogP contribution in [0.3, 0.4) is 0 Å². The summed E-state index contributed by atoms with van der Waals surface area (Å²) in [6.45, 7) is 4.39. The van der Waals surface area contributed by atoms with Gasteiger partial charge >= 0.3 is 0 Å². The van der Waals surface area contributed by atoms with E-state index in [9.17, 15) is 4.79 Å². The lowest BCUT2D eigenvalue weighted by molar-refractivity contribution is 0.0963. The molecule has 0 radical (unpaired) electrons. The third-order valence-electron chi connectivity index (χ3n) is 2.21. The van der Waals surface area contributed by atoms with E-state index in [1.165, 1.54) is 0 Å². The second kappa shape index (κ2) is 5.80. The summed E-state index contributed by atoms with van der Waals surface area (Å²) in [4.78, 5) is 11.4. The van der Waals surface area contributed by atoms with Gasteiger partial charge in [0.2, 0.25) is 0 Å². The summed E-state index contributed by atoms with van der Waals surface area (Å²) in [6, 6.07) is 5.17. The Labute approximate surface area is 95.5 Å². The topological polar surface area (TPSA) is 67.2 Å². The number of nitrogens with one attached hydrogen (secondary N) is 2. The summed E-state index contributed by atoms with van der Waals surface area (Å²) in [5, 5.41) is 5.73. The van der Waals surface area contributed by atoms with Gasteiger partial charge in [0.15, 0.2) is 0 Å². The lowest BCUT2D eigenvalue weighted by Crippen LogP contribution is -2.18. The molecule has 16 heavy (non-hydrogen) atoms. The zero-order valence-corrected chi connectivity index (χ0v) is 9.42. The molecule has 0 aliphatic rings. The van der Waals surface area contributed by atoms with E-state index >= 15 is 0 Å².